The maximum Gasteiger partial charge on any atom is 0.161 e. The molecule has 0 amide bonds. The van der Waals surface area contributed by atoms with E-state index in [9.17, 15) is 0 Å². The van der Waals surface area contributed by atoms with Crippen LogP contribution < -0.4 is 0 Å². The summed E-state index contributed by atoms with van der Waals surface area (Å²) in [4.78, 5) is 11.6. The molecule has 45 heavy (non-hydrogen) atoms. The van der Waals surface area contributed by atoms with Gasteiger partial charge in [-0.1, -0.05) is 146 Å². The molecule has 0 atom stereocenters. The van der Waals surface area contributed by atoms with Gasteiger partial charge in [0.15, 0.2) is 5.82 Å². The van der Waals surface area contributed by atoms with E-state index < -0.39 is 0 Å². The van der Waals surface area contributed by atoms with Crippen molar-refractivity contribution in [3.8, 4) is 44.9 Å². The van der Waals surface area contributed by atoms with E-state index in [1.807, 2.05) is 6.07 Å². The first kappa shape index (κ1) is 25.8. The highest BCUT2D eigenvalue weighted by Gasteiger charge is 2.21. The third-order valence-corrected chi connectivity index (χ3v) is 9.80. The van der Waals surface area contributed by atoms with Gasteiger partial charge < -0.3 is 0 Å². The molecule has 2 heterocycles. The molecule has 0 fully saturated rings. The van der Waals surface area contributed by atoms with E-state index in [2.05, 4.69) is 152 Å². The van der Waals surface area contributed by atoms with E-state index in [4.69, 9.17) is 9.97 Å². The Hall–Kier alpha value is -5.64. The molecule has 9 rings (SSSR count). The van der Waals surface area contributed by atoms with Gasteiger partial charge in [0, 0.05) is 32.0 Å². The van der Waals surface area contributed by atoms with Gasteiger partial charge in [-0.25, -0.2) is 9.97 Å². The minimum absolute atomic E-state index is 0.745. The second-order valence-corrected chi connectivity index (χ2v) is 12.4. The van der Waals surface area contributed by atoms with Crippen molar-refractivity contribution in [2.24, 2.45) is 0 Å². The predicted octanol–water partition coefficient (Wildman–Crippen LogP) is 11.8. The average Bonchev–Trinajstić information content (AvgIpc) is 3.52. The van der Waals surface area contributed by atoms with E-state index in [0.29, 0.717) is 0 Å². The third-order valence-electron chi connectivity index (χ3n) is 8.68. The van der Waals surface area contributed by atoms with E-state index in [1.165, 1.54) is 48.3 Å². The van der Waals surface area contributed by atoms with Gasteiger partial charge in [0.25, 0.3) is 0 Å². The number of hydrogen-bond donors (Lipinski definition) is 0. The molecule has 0 saturated carbocycles. The average molecular weight is 591 g/mol. The Morgan fingerprint density at radius 1 is 0.356 bits per heavy atom. The smallest absolute Gasteiger partial charge is 0.161 e. The van der Waals surface area contributed by atoms with E-state index in [-0.39, 0.29) is 0 Å². The molecule has 9 aromatic rings. The minimum atomic E-state index is 0.745. The van der Waals surface area contributed by atoms with Gasteiger partial charge in [0.05, 0.1) is 5.69 Å². The van der Waals surface area contributed by atoms with Gasteiger partial charge in [-0.15, -0.1) is 11.3 Å². The van der Waals surface area contributed by atoms with Crippen LogP contribution in [0.3, 0.4) is 0 Å². The quantitative estimate of drug-likeness (QED) is 0.191. The molecule has 210 valence electrons. The summed E-state index contributed by atoms with van der Waals surface area (Å²) in [5, 5.41) is 7.37. The van der Waals surface area contributed by atoms with Crippen LogP contribution >= 0.6 is 11.3 Å². The zero-order valence-corrected chi connectivity index (χ0v) is 25.1. The lowest BCUT2D eigenvalue weighted by Crippen LogP contribution is -1.94. The molecular formula is C42H26N2S. The summed E-state index contributed by atoms with van der Waals surface area (Å²) >= 11 is 1.77. The fraction of sp³-hybridized carbons (Fsp3) is 0. The highest BCUT2D eigenvalue weighted by atomic mass is 32.1. The molecule has 2 nitrogen and oxygen atoms in total. The number of hydrogen-bond acceptors (Lipinski definition) is 3. The van der Waals surface area contributed by atoms with Crippen molar-refractivity contribution in [1.82, 2.24) is 9.97 Å². The van der Waals surface area contributed by atoms with Crippen molar-refractivity contribution in [2.45, 2.75) is 0 Å². The molecule has 0 aliphatic rings. The van der Waals surface area contributed by atoms with Crippen LogP contribution in [0.2, 0.25) is 0 Å². The second kappa shape index (κ2) is 10.5. The summed E-state index contributed by atoms with van der Waals surface area (Å²) < 4.78 is 1.26. The lowest BCUT2D eigenvalue weighted by molar-refractivity contribution is 1.24. The summed E-state index contributed by atoms with van der Waals surface area (Å²) in [6.07, 6.45) is 0. The lowest BCUT2D eigenvalue weighted by atomic mass is 9.94. The Morgan fingerprint density at radius 3 is 1.53 bits per heavy atom. The Morgan fingerprint density at radius 2 is 0.844 bits per heavy atom. The highest BCUT2D eigenvalue weighted by molar-refractivity contribution is 7.26. The molecule has 0 aliphatic heterocycles. The molecule has 0 saturated heterocycles. The van der Waals surface area contributed by atoms with Gasteiger partial charge >= 0.3 is 0 Å². The van der Waals surface area contributed by atoms with Crippen LogP contribution in [0.25, 0.3) is 86.7 Å². The molecule has 0 bridgehead atoms. The number of fused-ring (bicyclic) bond motifs is 8. The second-order valence-electron chi connectivity index (χ2n) is 11.4. The first-order valence-electron chi connectivity index (χ1n) is 15.2. The van der Waals surface area contributed by atoms with Crippen molar-refractivity contribution in [3.05, 3.63) is 158 Å². The molecule has 0 aliphatic carbocycles. The van der Waals surface area contributed by atoms with Crippen LogP contribution in [0.5, 0.6) is 0 Å². The Kier molecular flexibility index (Phi) is 6.03. The maximum absolute atomic E-state index is 5.35. The van der Waals surface area contributed by atoms with Crippen LogP contribution in [0, 0.1) is 0 Å². The molecule has 0 N–H and O–H groups in total. The van der Waals surface area contributed by atoms with E-state index >= 15 is 0 Å². The number of thiophene rings is 1. The van der Waals surface area contributed by atoms with Gasteiger partial charge in [0.2, 0.25) is 0 Å². The van der Waals surface area contributed by atoms with Crippen LogP contribution in [0.15, 0.2) is 158 Å². The molecule has 0 unspecified atom stereocenters. The van der Waals surface area contributed by atoms with Crippen LogP contribution in [-0.4, -0.2) is 9.97 Å². The zero-order chi connectivity index (χ0) is 29.7. The monoisotopic (exact) mass is 590 g/mol. The number of rotatable bonds is 4. The van der Waals surface area contributed by atoms with Gasteiger partial charge in [-0.3, -0.25) is 0 Å². The van der Waals surface area contributed by atoms with Crippen LogP contribution in [-0.2, 0) is 0 Å². The third kappa shape index (κ3) is 4.32. The fourth-order valence-electron chi connectivity index (χ4n) is 6.58. The first-order chi connectivity index (χ1) is 22.3. The van der Waals surface area contributed by atoms with E-state index in [0.717, 1.165) is 38.4 Å². The summed E-state index contributed by atoms with van der Waals surface area (Å²) in [6.45, 7) is 0. The van der Waals surface area contributed by atoms with Gasteiger partial charge in [-0.2, -0.15) is 0 Å². The summed E-state index contributed by atoms with van der Waals surface area (Å²) in [7, 11) is 0. The number of aromatic nitrogens is 2. The SMILES string of the molecule is c1ccc(-c2cccc(-c3cccc(-c4nc(-c5ccccc5)nc5sc6c7ccccc7c7ccccc7c6c45)c3)c2)cc1. The number of nitrogens with zero attached hydrogens (tertiary/aromatic N) is 2. The van der Waals surface area contributed by atoms with Crippen molar-refractivity contribution in [2.75, 3.05) is 0 Å². The number of benzene rings is 7. The molecule has 0 radical (unpaired) electrons. The molecule has 2 aromatic heterocycles. The highest BCUT2D eigenvalue weighted by Crippen LogP contribution is 2.46. The molecular weight excluding hydrogens is 565 g/mol. The standard InChI is InChI=1S/C42H26N2S/c1-3-13-27(14-4-1)29-17-11-18-30(25-29)31-19-12-20-32(26-31)39-38-37-35-23-9-7-21-33(35)34-22-8-10-24-36(34)40(37)45-42(38)44-41(43-39)28-15-5-2-6-16-28/h1-26H. The van der Waals surface area contributed by atoms with Crippen molar-refractivity contribution < 1.29 is 0 Å². The minimum Gasteiger partial charge on any atom is -0.227 e. The molecule has 3 heteroatoms. The van der Waals surface area contributed by atoms with E-state index in [1.54, 1.807) is 11.3 Å². The maximum atomic E-state index is 5.35. The van der Waals surface area contributed by atoms with Crippen molar-refractivity contribution in [3.63, 3.8) is 0 Å². The molecule has 0 spiro atoms. The first-order valence-corrected chi connectivity index (χ1v) is 16.0. The largest absolute Gasteiger partial charge is 0.227 e. The predicted molar refractivity (Wildman–Crippen MR) is 192 cm³/mol. The Labute approximate surface area is 264 Å². The topological polar surface area (TPSA) is 25.8 Å². The van der Waals surface area contributed by atoms with Gasteiger partial charge in [0.1, 0.15) is 4.83 Å². The fourth-order valence-corrected chi connectivity index (χ4v) is 7.81. The van der Waals surface area contributed by atoms with Crippen LogP contribution in [0.4, 0.5) is 0 Å². The molecule has 7 aromatic carbocycles. The lowest BCUT2D eigenvalue weighted by Gasteiger charge is -2.11. The summed E-state index contributed by atoms with van der Waals surface area (Å²) in [6, 6.07) is 56.0. The van der Waals surface area contributed by atoms with Crippen LogP contribution in [0.1, 0.15) is 0 Å². The normalized spacial score (nSPS) is 11.6. The Balaban J connectivity index is 1.34. The summed E-state index contributed by atoms with van der Waals surface area (Å²) in [5.74, 6) is 0.745. The zero-order valence-electron chi connectivity index (χ0n) is 24.3. The summed E-state index contributed by atoms with van der Waals surface area (Å²) in [5.41, 5.74) is 7.82. The Bertz CT molecular complexity index is 2530. The van der Waals surface area contributed by atoms with Crippen molar-refractivity contribution in [1.29, 1.82) is 0 Å². The van der Waals surface area contributed by atoms with Crippen molar-refractivity contribution >= 4 is 53.2 Å². The van der Waals surface area contributed by atoms with Gasteiger partial charge in [-0.05, 0) is 50.5 Å².